The monoisotopic (exact) mass is 213 g/mol. The summed E-state index contributed by atoms with van der Waals surface area (Å²) >= 11 is 0. The van der Waals surface area contributed by atoms with Gasteiger partial charge in [0, 0.05) is 25.7 Å². The van der Waals surface area contributed by atoms with E-state index in [9.17, 15) is 4.79 Å². The third-order valence-electron chi connectivity index (χ3n) is 3.41. The van der Waals surface area contributed by atoms with E-state index >= 15 is 0 Å². The average Bonchev–Trinajstić information content (AvgIpc) is 2.21. The van der Waals surface area contributed by atoms with Gasteiger partial charge >= 0.3 is 0 Å². The quantitative estimate of drug-likeness (QED) is 0.709. The second kappa shape index (κ2) is 4.49. The van der Waals surface area contributed by atoms with Gasteiger partial charge in [-0.25, -0.2) is 0 Å². The molecule has 1 aliphatic heterocycles. The largest absolute Gasteiger partial charge is 0.338 e. The zero-order valence-electron chi connectivity index (χ0n) is 10.5. The summed E-state index contributed by atoms with van der Waals surface area (Å²) in [6, 6.07) is 0.454. The molecule has 0 radical (unpaired) electrons. The van der Waals surface area contributed by atoms with Crippen molar-refractivity contribution in [2.24, 2.45) is 0 Å². The molecule has 0 aromatic carbocycles. The molecule has 0 aromatic rings. The van der Waals surface area contributed by atoms with Crippen LogP contribution in [0, 0.1) is 0 Å². The van der Waals surface area contributed by atoms with E-state index in [4.69, 9.17) is 0 Å². The maximum Gasteiger partial charge on any atom is 0.242 e. The van der Waals surface area contributed by atoms with E-state index in [-0.39, 0.29) is 5.91 Å². The number of likely N-dealkylation sites (N-methyl/N-ethyl adjacent to an activating group) is 2. The number of piperazine rings is 1. The summed E-state index contributed by atoms with van der Waals surface area (Å²) in [5.41, 5.74) is -0.449. The lowest BCUT2D eigenvalue weighted by atomic mass is 10.0. The molecule has 1 aliphatic rings. The van der Waals surface area contributed by atoms with Gasteiger partial charge in [-0.2, -0.15) is 0 Å². The van der Waals surface area contributed by atoms with Crippen molar-refractivity contribution in [3.8, 4) is 0 Å². The number of amides is 1. The lowest BCUT2D eigenvalue weighted by Gasteiger charge is -2.40. The molecule has 4 heteroatoms. The standard InChI is InChI=1S/C11H23N3O/c1-9-8-14(7-6-13(9)5)10(15)11(2,3)12-4/h9,12H,6-8H2,1-5H3. The van der Waals surface area contributed by atoms with Crippen molar-refractivity contribution in [1.82, 2.24) is 15.1 Å². The van der Waals surface area contributed by atoms with E-state index in [0.29, 0.717) is 6.04 Å². The molecule has 1 heterocycles. The predicted molar refractivity (Wildman–Crippen MR) is 61.8 cm³/mol. The Morgan fingerprint density at radius 3 is 2.47 bits per heavy atom. The van der Waals surface area contributed by atoms with Crippen LogP contribution in [0.3, 0.4) is 0 Å². The molecule has 0 aromatic heterocycles. The zero-order valence-corrected chi connectivity index (χ0v) is 10.5. The van der Waals surface area contributed by atoms with Crippen molar-refractivity contribution in [3.05, 3.63) is 0 Å². The Kier molecular flexibility index (Phi) is 3.73. The fourth-order valence-electron chi connectivity index (χ4n) is 1.74. The smallest absolute Gasteiger partial charge is 0.242 e. The summed E-state index contributed by atoms with van der Waals surface area (Å²) < 4.78 is 0. The Hall–Kier alpha value is -0.610. The first kappa shape index (κ1) is 12.5. The summed E-state index contributed by atoms with van der Waals surface area (Å²) in [6.45, 7) is 8.65. The Bertz CT molecular complexity index is 240. The molecule has 88 valence electrons. The van der Waals surface area contributed by atoms with Gasteiger partial charge in [0.15, 0.2) is 0 Å². The Morgan fingerprint density at radius 1 is 1.40 bits per heavy atom. The van der Waals surface area contributed by atoms with Gasteiger partial charge in [0.05, 0.1) is 5.54 Å². The third kappa shape index (κ3) is 2.69. The van der Waals surface area contributed by atoms with Crippen LogP contribution < -0.4 is 5.32 Å². The first-order valence-corrected chi connectivity index (χ1v) is 5.57. The number of nitrogens with zero attached hydrogens (tertiary/aromatic N) is 2. The molecule has 1 saturated heterocycles. The number of hydrogen-bond acceptors (Lipinski definition) is 3. The van der Waals surface area contributed by atoms with Gasteiger partial charge in [-0.1, -0.05) is 0 Å². The molecule has 4 nitrogen and oxygen atoms in total. The van der Waals surface area contributed by atoms with Crippen molar-refractivity contribution in [2.75, 3.05) is 33.7 Å². The summed E-state index contributed by atoms with van der Waals surface area (Å²) in [7, 11) is 3.94. The topological polar surface area (TPSA) is 35.6 Å². The van der Waals surface area contributed by atoms with Crippen molar-refractivity contribution in [2.45, 2.75) is 32.4 Å². The van der Waals surface area contributed by atoms with Crippen LogP contribution in [0.25, 0.3) is 0 Å². The molecular formula is C11H23N3O. The minimum atomic E-state index is -0.449. The van der Waals surface area contributed by atoms with Crippen LogP contribution in [0.15, 0.2) is 0 Å². The van der Waals surface area contributed by atoms with Gasteiger partial charge in [-0.15, -0.1) is 0 Å². The summed E-state index contributed by atoms with van der Waals surface area (Å²) in [5, 5.41) is 3.06. The fourth-order valence-corrected chi connectivity index (χ4v) is 1.74. The van der Waals surface area contributed by atoms with Crippen LogP contribution in [-0.4, -0.2) is 61.0 Å². The number of rotatable bonds is 2. The minimum Gasteiger partial charge on any atom is -0.338 e. The lowest BCUT2D eigenvalue weighted by Crippen LogP contribution is -2.59. The number of hydrogen-bond donors (Lipinski definition) is 1. The minimum absolute atomic E-state index is 0.199. The molecule has 1 atom stereocenters. The molecule has 0 aliphatic carbocycles. The highest BCUT2D eigenvalue weighted by Crippen LogP contribution is 2.13. The molecule has 1 amide bonds. The highest BCUT2D eigenvalue weighted by Gasteiger charge is 2.33. The van der Waals surface area contributed by atoms with E-state index in [0.717, 1.165) is 19.6 Å². The van der Waals surface area contributed by atoms with Crippen molar-refractivity contribution < 1.29 is 4.79 Å². The van der Waals surface area contributed by atoms with E-state index in [1.165, 1.54) is 0 Å². The highest BCUT2D eigenvalue weighted by atomic mass is 16.2. The summed E-state index contributed by atoms with van der Waals surface area (Å²) in [5.74, 6) is 0.199. The molecule has 0 bridgehead atoms. The van der Waals surface area contributed by atoms with Crippen molar-refractivity contribution in [3.63, 3.8) is 0 Å². The van der Waals surface area contributed by atoms with Crippen LogP contribution in [-0.2, 0) is 4.79 Å². The maximum atomic E-state index is 12.1. The lowest BCUT2D eigenvalue weighted by molar-refractivity contribution is -0.139. The average molecular weight is 213 g/mol. The second-order valence-corrected chi connectivity index (χ2v) is 4.96. The first-order chi connectivity index (χ1) is 6.88. The Balaban J connectivity index is 2.62. The van der Waals surface area contributed by atoms with Crippen LogP contribution in [0.1, 0.15) is 20.8 Å². The van der Waals surface area contributed by atoms with Gasteiger partial charge in [0.1, 0.15) is 0 Å². The molecule has 0 saturated carbocycles. The van der Waals surface area contributed by atoms with Gasteiger partial charge in [0.2, 0.25) is 5.91 Å². The molecule has 1 rings (SSSR count). The van der Waals surface area contributed by atoms with Gasteiger partial charge in [-0.3, -0.25) is 4.79 Å². The maximum absolute atomic E-state index is 12.1. The third-order valence-corrected chi connectivity index (χ3v) is 3.41. The molecule has 15 heavy (non-hydrogen) atoms. The summed E-state index contributed by atoms with van der Waals surface area (Å²) in [6.07, 6.45) is 0. The SMILES string of the molecule is CNC(C)(C)C(=O)N1CCN(C)C(C)C1. The number of carbonyl (C=O) groups is 1. The normalized spacial score (nSPS) is 24.3. The predicted octanol–water partition coefficient (Wildman–Crippen LogP) is 0.147. The molecule has 1 fully saturated rings. The molecule has 1 N–H and O–H groups in total. The zero-order chi connectivity index (χ0) is 11.6. The van der Waals surface area contributed by atoms with Crippen LogP contribution >= 0.6 is 0 Å². The second-order valence-electron chi connectivity index (χ2n) is 4.96. The number of carbonyl (C=O) groups excluding carboxylic acids is 1. The number of nitrogens with one attached hydrogen (secondary N) is 1. The fraction of sp³-hybridized carbons (Fsp3) is 0.909. The molecule has 1 unspecified atom stereocenters. The van der Waals surface area contributed by atoms with Crippen LogP contribution in [0.5, 0.6) is 0 Å². The first-order valence-electron chi connectivity index (χ1n) is 5.57. The van der Waals surface area contributed by atoms with Gasteiger partial charge in [0.25, 0.3) is 0 Å². The Morgan fingerprint density at radius 2 is 2.00 bits per heavy atom. The van der Waals surface area contributed by atoms with Crippen LogP contribution in [0.2, 0.25) is 0 Å². The van der Waals surface area contributed by atoms with Gasteiger partial charge in [-0.05, 0) is 34.9 Å². The van der Waals surface area contributed by atoms with Crippen molar-refractivity contribution in [1.29, 1.82) is 0 Å². The van der Waals surface area contributed by atoms with Gasteiger partial charge < -0.3 is 15.1 Å². The van der Waals surface area contributed by atoms with Crippen LogP contribution in [0.4, 0.5) is 0 Å². The molecular weight excluding hydrogens is 190 g/mol. The Labute approximate surface area is 92.6 Å². The van der Waals surface area contributed by atoms with E-state index < -0.39 is 5.54 Å². The molecule has 0 spiro atoms. The van der Waals surface area contributed by atoms with E-state index in [1.807, 2.05) is 25.8 Å². The highest BCUT2D eigenvalue weighted by molar-refractivity contribution is 5.85. The van der Waals surface area contributed by atoms with E-state index in [1.54, 1.807) is 0 Å². The van der Waals surface area contributed by atoms with Crippen molar-refractivity contribution >= 4 is 5.91 Å². The summed E-state index contributed by atoms with van der Waals surface area (Å²) in [4.78, 5) is 16.4. The van der Waals surface area contributed by atoms with E-state index in [2.05, 4.69) is 24.2 Å².